The van der Waals surface area contributed by atoms with E-state index in [1.54, 1.807) is 37.5 Å². The van der Waals surface area contributed by atoms with Crippen molar-refractivity contribution in [3.63, 3.8) is 0 Å². The molecule has 0 bridgehead atoms. The third-order valence-electron chi connectivity index (χ3n) is 4.14. The van der Waals surface area contributed by atoms with Gasteiger partial charge in [-0.3, -0.25) is 4.79 Å². The highest BCUT2D eigenvalue weighted by atomic mass is 16.5. The first kappa shape index (κ1) is 18.3. The summed E-state index contributed by atoms with van der Waals surface area (Å²) in [6.45, 7) is 4.31. The standard InChI is InChI=1S/C21H22N2O2/c1-4-15(2)17-7-9-19(10-8-17)23-21(24)18(14-22)13-16-5-11-20(25-3)12-6-16/h5-13,15H,4H2,1-3H3,(H,23,24)/b18-13+/t15-/m1/s1. The van der Waals surface area contributed by atoms with Gasteiger partial charge in [-0.1, -0.05) is 38.1 Å². The summed E-state index contributed by atoms with van der Waals surface area (Å²) in [5.41, 5.74) is 2.72. The molecule has 0 saturated carbocycles. The van der Waals surface area contributed by atoms with E-state index in [-0.39, 0.29) is 5.57 Å². The number of nitriles is 1. The normalized spacial score (nSPS) is 12.2. The van der Waals surface area contributed by atoms with E-state index in [0.29, 0.717) is 11.6 Å². The number of ether oxygens (including phenoxy) is 1. The molecular weight excluding hydrogens is 312 g/mol. The average Bonchev–Trinajstić information content (AvgIpc) is 2.66. The number of amides is 1. The largest absolute Gasteiger partial charge is 0.497 e. The molecule has 0 aliphatic heterocycles. The molecule has 1 N–H and O–H groups in total. The van der Waals surface area contributed by atoms with Gasteiger partial charge in [-0.15, -0.1) is 0 Å². The predicted octanol–water partition coefficient (Wildman–Crippen LogP) is 4.75. The van der Waals surface area contributed by atoms with E-state index >= 15 is 0 Å². The summed E-state index contributed by atoms with van der Waals surface area (Å²) >= 11 is 0. The van der Waals surface area contributed by atoms with E-state index in [2.05, 4.69) is 19.2 Å². The van der Waals surface area contributed by atoms with E-state index < -0.39 is 5.91 Å². The van der Waals surface area contributed by atoms with Crippen molar-refractivity contribution in [3.05, 3.63) is 65.2 Å². The van der Waals surface area contributed by atoms with Gasteiger partial charge in [0.15, 0.2) is 0 Å². The molecule has 0 unspecified atom stereocenters. The monoisotopic (exact) mass is 334 g/mol. The number of hydrogen-bond acceptors (Lipinski definition) is 3. The maximum Gasteiger partial charge on any atom is 0.266 e. The molecule has 0 radical (unpaired) electrons. The number of benzene rings is 2. The summed E-state index contributed by atoms with van der Waals surface area (Å²) in [7, 11) is 1.59. The van der Waals surface area contributed by atoms with Gasteiger partial charge in [-0.2, -0.15) is 5.26 Å². The van der Waals surface area contributed by atoms with E-state index in [1.807, 2.05) is 30.3 Å². The quantitative estimate of drug-likeness (QED) is 0.612. The SMILES string of the molecule is CC[C@@H](C)c1ccc(NC(=O)/C(C#N)=C/c2ccc(OC)cc2)cc1. The van der Waals surface area contributed by atoms with Gasteiger partial charge in [0.25, 0.3) is 5.91 Å². The number of nitrogens with zero attached hydrogens (tertiary/aromatic N) is 1. The Morgan fingerprint density at radius 3 is 2.36 bits per heavy atom. The van der Waals surface area contributed by atoms with Gasteiger partial charge in [0.2, 0.25) is 0 Å². The molecule has 25 heavy (non-hydrogen) atoms. The highest BCUT2D eigenvalue weighted by Gasteiger charge is 2.10. The molecule has 0 spiro atoms. The van der Waals surface area contributed by atoms with E-state index in [9.17, 15) is 10.1 Å². The van der Waals surface area contributed by atoms with Crippen LogP contribution in [-0.4, -0.2) is 13.0 Å². The molecule has 128 valence electrons. The maximum atomic E-state index is 12.3. The number of carbonyl (C=O) groups excluding carboxylic acids is 1. The number of nitrogens with one attached hydrogen (secondary N) is 1. The third kappa shape index (κ3) is 4.95. The summed E-state index contributed by atoms with van der Waals surface area (Å²) in [5.74, 6) is 0.783. The Balaban J connectivity index is 2.11. The van der Waals surface area contributed by atoms with Gasteiger partial charge >= 0.3 is 0 Å². The molecule has 0 heterocycles. The van der Waals surface area contributed by atoms with Crippen LogP contribution in [0.15, 0.2) is 54.1 Å². The Labute approximate surface area is 148 Å². The minimum atomic E-state index is -0.422. The van der Waals surface area contributed by atoms with Crippen molar-refractivity contribution in [2.75, 3.05) is 12.4 Å². The molecule has 0 saturated heterocycles. The summed E-state index contributed by atoms with van der Waals surface area (Å²) in [5, 5.41) is 12.0. The fourth-order valence-electron chi connectivity index (χ4n) is 2.34. The molecule has 2 rings (SSSR count). The average molecular weight is 334 g/mol. The molecule has 2 aromatic rings. The van der Waals surface area contributed by atoms with Gasteiger partial charge in [-0.25, -0.2) is 0 Å². The third-order valence-corrected chi connectivity index (χ3v) is 4.14. The Hall–Kier alpha value is -3.06. The molecule has 1 atom stereocenters. The van der Waals surface area contributed by atoms with Gasteiger partial charge in [0, 0.05) is 5.69 Å². The molecule has 0 aliphatic rings. The molecular formula is C21H22N2O2. The highest BCUT2D eigenvalue weighted by Crippen LogP contribution is 2.21. The van der Waals surface area contributed by atoms with E-state index in [0.717, 1.165) is 17.7 Å². The number of hydrogen-bond donors (Lipinski definition) is 1. The van der Waals surface area contributed by atoms with Gasteiger partial charge in [0.1, 0.15) is 17.4 Å². The smallest absolute Gasteiger partial charge is 0.266 e. The van der Waals surface area contributed by atoms with Crippen LogP contribution in [0.5, 0.6) is 5.75 Å². The van der Waals surface area contributed by atoms with Gasteiger partial charge < -0.3 is 10.1 Å². The van der Waals surface area contributed by atoms with Crippen molar-refractivity contribution >= 4 is 17.7 Å². The van der Waals surface area contributed by atoms with Gasteiger partial charge in [0.05, 0.1) is 7.11 Å². The lowest BCUT2D eigenvalue weighted by atomic mass is 9.98. The molecule has 0 fully saturated rings. The molecule has 4 heteroatoms. The van der Waals surface area contributed by atoms with Crippen LogP contribution in [0.2, 0.25) is 0 Å². The second kappa shape index (κ2) is 8.70. The highest BCUT2D eigenvalue weighted by molar-refractivity contribution is 6.09. The minimum Gasteiger partial charge on any atom is -0.497 e. The first-order valence-electron chi connectivity index (χ1n) is 8.24. The van der Waals surface area contributed by atoms with Crippen molar-refractivity contribution in [2.45, 2.75) is 26.2 Å². The number of methoxy groups -OCH3 is 1. The number of anilines is 1. The molecule has 4 nitrogen and oxygen atoms in total. The summed E-state index contributed by atoms with van der Waals surface area (Å²) in [6.07, 6.45) is 2.62. The van der Waals surface area contributed by atoms with Crippen LogP contribution in [0.1, 0.15) is 37.3 Å². The Kier molecular flexibility index (Phi) is 6.36. The van der Waals surface area contributed by atoms with Crippen molar-refractivity contribution in [3.8, 4) is 11.8 Å². The van der Waals surface area contributed by atoms with Crippen LogP contribution in [0.4, 0.5) is 5.69 Å². The second-order valence-corrected chi connectivity index (χ2v) is 5.83. The first-order chi connectivity index (χ1) is 12.1. The minimum absolute atomic E-state index is 0.0520. The first-order valence-corrected chi connectivity index (χ1v) is 8.24. The fraction of sp³-hybridized carbons (Fsp3) is 0.238. The van der Waals surface area contributed by atoms with Crippen molar-refractivity contribution in [1.29, 1.82) is 5.26 Å². The van der Waals surface area contributed by atoms with Crippen molar-refractivity contribution in [2.24, 2.45) is 0 Å². The lowest BCUT2D eigenvalue weighted by Gasteiger charge is -2.10. The van der Waals surface area contributed by atoms with Gasteiger partial charge in [-0.05, 0) is 53.8 Å². The second-order valence-electron chi connectivity index (χ2n) is 5.83. The van der Waals surface area contributed by atoms with Crippen LogP contribution < -0.4 is 10.1 Å². The number of rotatable bonds is 6. The summed E-state index contributed by atoms with van der Waals surface area (Å²) < 4.78 is 5.10. The fourth-order valence-corrected chi connectivity index (χ4v) is 2.34. The van der Waals surface area contributed by atoms with Crippen LogP contribution in [0, 0.1) is 11.3 Å². The van der Waals surface area contributed by atoms with E-state index in [1.165, 1.54) is 5.56 Å². The molecule has 0 aromatic heterocycles. The number of carbonyl (C=O) groups is 1. The Morgan fingerprint density at radius 1 is 1.20 bits per heavy atom. The zero-order chi connectivity index (χ0) is 18.2. The molecule has 2 aromatic carbocycles. The zero-order valence-electron chi connectivity index (χ0n) is 14.7. The van der Waals surface area contributed by atoms with E-state index in [4.69, 9.17) is 4.74 Å². The van der Waals surface area contributed by atoms with Crippen LogP contribution >= 0.6 is 0 Å². The molecule has 1 amide bonds. The summed E-state index contributed by atoms with van der Waals surface area (Å²) in [4.78, 5) is 12.3. The van der Waals surface area contributed by atoms with Crippen LogP contribution in [0.25, 0.3) is 6.08 Å². The summed E-state index contributed by atoms with van der Waals surface area (Å²) in [6, 6.07) is 16.8. The van der Waals surface area contributed by atoms with Crippen LogP contribution in [0.3, 0.4) is 0 Å². The Morgan fingerprint density at radius 2 is 1.84 bits per heavy atom. The maximum absolute atomic E-state index is 12.3. The van der Waals surface area contributed by atoms with Crippen molar-refractivity contribution < 1.29 is 9.53 Å². The van der Waals surface area contributed by atoms with Crippen LogP contribution in [-0.2, 0) is 4.79 Å². The lowest BCUT2D eigenvalue weighted by molar-refractivity contribution is -0.112. The topological polar surface area (TPSA) is 62.1 Å². The lowest BCUT2D eigenvalue weighted by Crippen LogP contribution is -2.13. The molecule has 0 aliphatic carbocycles. The van der Waals surface area contributed by atoms with Crippen molar-refractivity contribution in [1.82, 2.24) is 0 Å². The Bertz CT molecular complexity index is 784. The zero-order valence-corrected chi connectivity index (χ0v) is 14.7. The predicted molar refractivity (Wildman–Crippen MR) is 100 cm³/mol.